The fraction of sp³-hybridized carbons (Fsp3) is 0.727. The normalized spacial score (nSPS) is 22.4. The number of nitrogens with zero attached hydrogens (tertiary/aromatic N) is 1. The largest absolute Gasteiger partial charge is 0.230 e. The molecule has 0 spiro atoms. The SMILES string of the molecule is CCCCCCC(C)C1=NS(=O)C=C1. The first-order valence-electron chi connectivity index (χ1n) is 5.41. The molecule has 0 saturated heterocycles. The zero-order valence-electron chi connectivity index (χ0n) is 9.03. The van der Waals surface area contributed by atoms with Crippen molar-refractivity contribution in [1.29, 1.82) is 0 Å². The molecule has 2 atom stereocenters. The zero-order valence-corrected chi connectivity index (χ0v) is 9.85. The Morgan fingerprint density at radius 2 is 2.21 bits per heavy atom. The van der Waals surface area contributed by atoms with Gasteiger partial charge in [0.1, 0.15) is 0 Å². The Balaban J connectivity index is 2.22. The van der Waals surface area contributed by atoms with Gasteiger partial charge in [-0.25, -0.2) is 4.21 Å². The van der Waals surface area contributed by atoms with Crippen molar-refractivity contribution in [3.8, 4) is 0 Å². The molecule has 0 aromatic heterocycles. The van der Waals surface area contributed by atoms with Crippen LogP contribution in [0.1, 0.15) is 46.0 Å². The van der Waals surface area contributed by atoms with E-state index >= 15 is 0 Å². The van der Waals surface area contributed by atoms with E-state index in [1.807, 2.05) is 6.08 Å². The standard InChI is InChI=1S/C11H19NOS/c1-3-4-5-6-7-10(2)11-8-9-14(13)12-11/h8-10H,3-7H2,1-2H3. The Hall–Kier alpha value is -0.440. The number of hydrogen-bond acceptors (Lipinski definition) is 1. The molecule has 0 aliphatic carbocycles. The van der Waals surface area contributed by atoms with Crippen molar-refractivity contribution in [3.63, 3.8) is 0 Å². The van der Waals surface area contributed by atoms with Gasteiger partial charge < -0.3 is 0 Å². The molecule has 1 rings (SSSR count). The minimum atomic E-state index is -1.08. The molecule has 0 aromatic carbocycles. The van der Waals surface area contributed by atoms with Gasteiger partial charge in [0.15, 0.2) is 11.0 Å². The molecule has 2 nitrogen and oxygen atoms in total. The lowest BCUT2D eigenvalue weighted by Crippen LogP contribution is -2.06. The quantitative estimate of drug-likeness (QED) is 0.623. The Morgan fingerprint density at radius 3 is 2.79 bits per heavy atom. The number of allylic oxidation sites excluding steroid dienone is 1. The molecule has 0 amide bonds. The summed E-state index contributed by atoms with van der Waals surface area (Å²) in [5.74, 6) is 0.467. The molecule has 0 bridgehead atoms. The van der Waals surface area contributed by atoms with E-state index in [1.54, 1.807) is 5.41 Å². The highest BCUT2D eigenvalue weighted by Gasteiger charge is 2.12. The monoisotopic (exact) mass is 213 g/mol. The zero-order chi connectivity index (χ0) is 10.4. The van der Waals surface area contributed by atoms with E-state index in [9.17, 15) is 4.21 Å². The summed E-state index contributed by atoms with van der Waals surface area (Å²) in [6.07, 6.45) is 8.23. The van der Waals surface area contributed by atoms with Crippen molar-refractivity contribution >= 4 is 16.7 Å². The van der Waals surface area contributed by atoms with Gasteiger partial charge in [-0.1, -0.05) is 39.5 Å². The third kappa shape index (κ3) is 3.74. The summed E-state index contributed by atoms with van der Waals surface area (Å²) in [6, 6.07) is 0. The maximum absolute atomic E-state index is 11.0. The predicted molar refractivity (Wildman–Crippen MR) is 62.6 cm³/mol. The highest BCUT2D eigenvalue weighted by Crippen LogP contribution is 2.16. The van der Waals surface area contributed by atoms with Crippen LogP contribution in [0.15, 0.2) is 15.9 Å². The van der Waals surface area contributed by atoms with E-state index in [2.05, 4.69) is 18.2 Å². The lowest BCUT2D eigenvalue weighted by molar-refractivity contribution is 0.580. The van der Waals surface area contributed by atoms with Crippen molar-refractivity contribution in [2.45, 2.75) is 46.0 Å². The number of hydrogen-bond donors (Lipinski definition) is 0. The summed E-state index contributed by atoms with van der Waals surface area (Å²) >= 11 is 0. The number of unbranched alkanes of at least 4 members (excludes halogenated alkanes) is 3. The molecular weight excluding hydrogens is 194 g/mol. The molecule has 0 aromatic rings. The van der Waals surface area contributed by atoms with Crippen LogP contribution in [-0.2, 0) is 11.0 Å². The molecule has 0 saturated carbocycles. The molecule has 0 fully saturated rings. The van der Waals surface area contributed by atoms with E-state index in [-0.39, 0.29) is 0 Å². The van der Waals surface area contributed by atoms with Gasteiger partial charge in [-0.2, -0.15) is 4.40 Å². The number of rotatable bonds is 6. The van der Waals surface area contributed by atoms with Gasteiger partial charge in [-0.15, -0.1) is 0 Å². The molecule has 0 N–H and O–H groups in total. The Labute approximate surface area is 89.1 Å². The van der Waals surface area contributed by atoms with E-state index in [4.69, 9.17) is 0 Å². The second-order valence-corrected chi connectivity index (χ2v) is 4.85. The van der Waals surface area contributed by atoms with Gasteiger partial charge >= 0.3 is 0 Å². The third-order valence-corrected chi connectivity index (χ3v) is 3.31. The molecule has 1 aliphatic rings. The highest BCUT2D eigenvalue weighted by molar-refractivity contribution is 7.87. The van der Waals surface area contributed by atoms with Gasteiger partial charge in [-0.3, -0.25) is 0 Å². The Kier molecular flexibility index (Phi) is 5.09. The minimum Gasteiger partial charge on any atom is -0.230 e. The smallest absolute Gasteiger partial charge is 0.165 e. The molecule has 1 heterocycles. The summed E-state index contributed by atoms with van der Waals surface area (Å²) < 4.78 is 15.0. The van der Waals surface area contributed by atoms with E-state index in [0.717, 1.165) is 5.71 Å². The molecule has 0 radical (unpaired) electrons. The van der Waals surface area contributed by atoms with Crippen LogP contribution >= 0.6 is 0 Å². The second kappa shape index (κ2) is 6.12. The average Bonchev–Trinajstić information content (AvgIpc) is 2.59. The lowest BCUT2D eigenvalue weighted by atomic mass is 9.98. The summed E-state index contributed by atoms with van der Waals surface area (Å²) in [4.78, 5) is 0. The Bertz CT molecular complexity index is 258. The van der Waals surface area contributed by atoms with Crippen molar-refractivity contribution < 1.29 is 4.21 Å². The molecule has 1 aliphatic heterocycles. The second-order valence-electron chi connectivity index (χ2n) is 3.85. The molecule has 3 heteroatoms. The predicted octanol–water partition coefficient (Wildman–Crippen LogP) is 3.22. The van der Waals surface area contributed by atoms with Crippen LogP contribution in [0.5, 0.6) is 0 Å². The van der Waals surface area contributed by atoms with Crippen molar-refractivity contribution in [3.05, 3.63) is 11.5 Å². The van der Waals surface area contributed by atoms with Crippen LogP contribution < -0.4 is 0 Å². The van der Waals surface area contributed by atoms with Gasteiger partial charge in [0.05, 0.1) is 5.71 Å². The van der Waals surface area contributed by atoms with Gasteiger partial charge in [0, 0.05) is 5.41 Å². The topological polar surface area (TPSA) is 29.4 Å². The van der Waals surface area contributed by atoms with Crippen LogP contribution in [0.2, 0.25) is 0 Å². The first kappa shape index (κ1) is 11.6. The first-order chi connectivity index (χ1) is 6.74. The fourth-order valence-corrected chi connectivity index (χ4v) is 2.34. The van der Waals surface area contributed by atoms with Crippen LogP contribution in [0.3, 0.4) is 0 Å². The summed E-state index contributed by atoms with van der Waals surface area (Å²) in [5.41, 5.74) is 1.01. The van der Waals surface area contributed by atoms with Crippen LogP contribution in [0, 0.1) is 5.92 Å². The van der Waals surface area contributed by atoms with Crippen molar-refractivity contribution in [1.82, 2.24) is 0 Å². The summed E-state index contributed by atoms with van der Waals surface area (Å²) in [7, 11) is -1.08. The molecule has 80 valence electrons. The third-order valence-electron chi connectivity index (χ3n) is 2.55. The molecule has 14 heavy (non-hydrogen) atoms. The minimum absolute atomic E-state index is 0.467. The van der Waals surface area contributed by atoms with Gasteiger partial charge in [-0.05, 0) is 18.4 Å². The lowest BCUT2D eigenvalue weighted by Gasteiger charge is -2.08. The van der Waals surface area contributed by atoms with E-state index < -0.39 is 11.0 Å². The van der Waals surface area contributed by atoms with Crippen LogP contribution in [-0.4, -0.2) is 9.92 Å². The van der Waals surface area contributed by atoms with Crippen LogP contribution in [0.4, 0.5) is 0 Å². The van der Waals surface area contributed by atoms with Crippen LogP contribution in [0.25, 0.3) is 0 Å². The molecular formula is C11H19NOS. The average molecular weight is 213 g/mol. The summed E-state index contributed by atoms with van der Waals surface area (Å²) in [5, 5.41) is 1.66. The van der Waals surface area contributed by atoms with E-state index in [1.165, 1.54) is 32.1 Å². The molecule has 2 unspecified atom stereocenters. The van der Waals surface area contributed by atoms with Gasteiger partial charge in [0.2, 0.25) is 0 Å². The van der Waals surface area contributed by atoms with E-state index in [0.29, 0.717) is 5.92 Å². The highest BCUT2D eigenvalue weighted by atomic mass is 32.2. The first-order valence-corrected chi connectivity index (χ1v) is 6.58. The Morgan fingerprint density at radius 1 is 1.43 bits per heavy atom. The van der Waals surface area contributed by atoms with Crippen molar-refractivity contribution in [2.24, 2.45) is 10.3 Å². The fourth-order valence-electron chi connectivity index (χ4n) is 1.57. The van der Waals surface area contributed by atoms with Crippen molar-refractivity contribution in [2.75, 3.05) is 0 Å². The maximum Gasteiger partial charge on any atom is 0.165 e. The summed E-state index contributed by atoms with van der Waals surface area (Å²) in [6.45, 7) is 4.38. The maximum atomic E-state index is 11.0. The van der Waals surface area contributed by atoms with Gasteiger partial charge in [0.25, 0.3) is 0 Å².